The van der Waals surface area contributed by atoms with Crippen molar-refractivity contribution < 1.29 is 19.0 Å². The number of hydrogen-bond donors (Lipinski definition) is 0. The van der Waals surface area contributed by atoms with Crippen molar-refractivity contribution in [2.75, 3.05) is 13.7 Å². The lowest BCUT2D eigenvalue weighted by molar-refractivity contribution is -0.138. The quantitative estimate of drug-likeness (QED) is 0.145. The topological polar surface area (TPSA) is 79.1 Å². The molecule has 5 aromatic rings. The standard InChI is InChI=1S/C34H25BrCl2N2O5S2/c1-3-43-33(41)28-29(21-8-5-4-6-9-21)38-34-39(30(28)26-10-7-13-45-26)32(40)27(46-34)17-20-14-22(35)31(25(16-20)42-2)44-18-19-11-12-23(36)24(37)15-19/h4-17,30H,3,18H2,1-2H3/b27-17-/t30-/m0/s1. The molecule has 3 aromatic carbocycles. The zero-order valence-corrected chi connectivity index (χ0v) is 29.2. The van der Waals surface area contributed by atoms with Crippen molar-refractivity contribution in [3.8, 4) is 11.5 Å². The zero-order valence-electron chi connectivity index (χ0n) is 24.5. The summed E-state index contributed by atoms with van der Waals surface area (Å²) in [5, 5.41) is 2.83. The molecule has 7 nitrogen and oxygen atoms in total. The van der Waals surface area contributed by atoms with Gasteiger partial charge in [0.1, 0.15) is 12.6 Å². The molecule has 0 aliphatic carbocycles. The van der Waals surface area contributed by atoms with Crippen LogP contribution in [0, 0.1) is 0 Å². The Morgan fingerprint density at radius 2 is 1.87 bits per heavy atom. The summed E-state index contributed by atoms with van der Waals surface area (Å²) in [6.07, 6.45) is 1.78. The number of carbonyl (C=O) groups is 1. The van der Waals surface area contributed by atoms with E-state index in [0.29, 0.717) is 52.2 Å². The highest BCUT2D eigenvalue weighted by atomic mass is 79.9. The first kappa shape index (κ1) is 32.3. The van der Waals surface area contributed by atoms with Crippen molar-refractivity contribution in [3.63, 3.8) is 0 Å². The first-order chi connectivity index (χ1) is 22.3. The van der Waals surface area contributed by atoms with E-state index in [9.17, 15) is 9.59 Å². The van der Waals surface area contributed by atoms with Gasteiger partial charge in [0.25, 0.3) is 5.56 Å². The molecule has 1 atom stereocenters. The normalized spacial score (nSPS) is 14.5. The Kier molecular flexibility index (Phi) is 9.81. The van der Waals surface area contributed by atoms with E-state index >= 15 is 0 Å². The molecule has 0 radical (unpaired) electrons. The van der Waals surface area contributed by atoms with Crippen LogP contribution in [-0.4, -0.2) is 24.3 Å². The molecule has 46 heavy (non-hydrogen) atoms. The minimum atomic E-state index is -0.703. The fourth-order valence-electron chi connectivity index (χ4n) is 5.06. The van der Waals surface area contributed by atoms with Gasteiger partial charge in [-0.25, -0.2) is 9.79 Å². The largest absolute Gasteiger partial charge is 0.493 e. The summed E-state index contributed by atoms with van der Waals surface area (Å²) in [4.78, 5) is 33.9. The van der Waals surface area contributed by atoms with Gasteiger partial charge in [-0.05, 0) is 75.8 Å². The molecule has 0 bridgehead atoms. The minimum Gasteiger partial charge on any atom is -0.493 e. The Balaban J connectivity index is 1.45. The number of hydrogen-bond acceptors (Lipinski definition) is 8. The van der Waals surface area contributed by atoms with Crippen molar-refractivity contribution in [1.82, 2.24) is 4.57 Å². The maximum absolute atomic E-state index is 14.1. The highest BCUT2D eigenvalue weighted by molar-refractivity contribution is 9.10. The average molecular weight is 757 g/mol. The molecule has 6 rings (SSSR count). The van der Waals surface area contributed by atoms with Crippen molar-refractivity contribution in [3.05, 3.63) is 140 Å². The van der Waals surface area contributed by atoms with Gasteiger partial charge in [-0.3, -0.25) is 9.36 Å². The Hall–Kier alpha value is -3.67. The van der Waals surface area contributed by atoms with E-state index in [-0.39, 0.29) is 18.8 Å². The summed E-state index contributed by atoms with van der Waals surface area (Å²) >= 11 is 18.5. The van der Waals surface area contributed by atoms with Gasteiger partial charge in [0.15, 0.2) is 16.3 Å². The molecule has 234 valence electrons. The summed E-state index contributed by atoms with van der Waals surface area (Å²) in [6, 6.07) is 21.5. The Morgan fingerprint density at radius 1 is 1.07 bits per heavy atom. The second-order valence-electron chi connectivity index (χ2n) is 10.0. The van der Waals surface area contributed by atoms with Crippen LogP contribution in [0.2, 0.25) is 10.0 Å². The number of esters is 1. The van der Waals surface area contributed by atoms with Crippen molar-refractivity contribution in [2.45, 2.75) is 19.6 Å². The van der Waals surface area contributed by atoms with Gasteiger partial charge in [0.2, 0.25) is 0 Å². The number of methoxy groups -OCH3 is 1. The number of carbonyl (C=O) groups excluding carboxylic acids is 1. The Morgan fingerprint density at radius 3 is 2.57 bits per heavy atom. The molecule has 0 unspecified atom stereocenters. The predicted molar refractivity (Wildman–Crippen MR) is 187 cm³/mol. The first-order valence-corrected chi connectivity index (χ1v) is 17.3. The Labute approximate surface area is 290 Å². The van der Waals surface area contributed by atoms with Gasteiger partial charge < -0.3 is 14.2 Å². The van der Waals surface area contributed by atoms with Gasteiger partial charge in [-0.15, -0.1) is 11.3 Å². The minimum absolute atomic E-state index is 0.190. The lowest BCUT2D eigenvalue weighted by Crippen LogP contribution is -2.39. The van der Waals surface area contributed by atoms with Gasteiger partial charge >= 0.3 is 5.97 Å². The van der Waals surface area contributed by atoms with Gasteiger partial charge in [-0.2, -0.15) is 0 Å². The second-order valence-corrected chi connectivity index (χ2v) is 13.7. The number of fused-ring (bicyclic) bond motifs is 1. The lowest BCUT2D eigenvalue weighted by Gasteiger charge is -2.24. The number of benzene rings is 3. The van der Waals surface area contributed by atoms with Crippen molar-refractivity contribution in [2.24, 2.45) is 4.99 Å². The van der Waals surface area contributed by atoms with Crippen LogP contribution in [0.1, 0.15) is 34.5 Å². The van der Waals surface area contributed by atoms with Crippen LogP contribution in [0.15, 0.2) is 98.0 Å². The molecule has 2 aromatic heterocycles. The third-order valence-corrected chi connectivity index (χ3v) is 10.3. The van der Waals surface area contributed by atoms with Crippen LogP contribution in [0.25, 0.3) is 11.8 Å². The molecule has 0 N–H and O–H groups in total. The molecule has 0 amide bonds. The summed E-state index contributed by atoms with van der Waals surface area (Å²) in [5.74, 6) is 0.459. The first-order valence-electron chi connectivity index (χ1n) is 14.0. The zero-order chi connectivity index (χ0) is 32.4. The monoisotopic (exact) mass is 754 g/mol. The SMILES string of the molecule is CCOC(=O)C1=C(c2ccccc2)N=c2s/c(=C\c3cc(Br)c(OCc4ccc(Cl)c(Cl)c4)c(OC)c3)c(=O)n2[C@H]1c1cccs1. The smallest absolute Gasteiger partial charge is 0.338 e. The molecule has 0 saturated carbocycles. The van der Waals surface area contributed by atoms with Crippen LogP contribution < -0.4 is 24.4 Å². The van der Waals surface area contributed by atoms with Crippen LogP contribution in [0.4, 0.5) is 0 Å². The number of ether oxygens (including phenoxy) is 3. The van der Waals surface area contributed by atoms with Crippen LogP contribution >= 0.6 is 61.8 Å². The van der Waals surface area contributed by atoms with E-state index in [1.165, 1.54) is 22.7 Å². The van der Waals surface area contributed by atoms with E-state index in [4.69, 9.17) is 42.4 Å². The molecule has 1 aliphatic heterocycles. The predicted octanol–water partition coefficient (Wildman–Crippen LogP) is 7.65. The van der Waals surface area contributed by atoms with E-state index in [1.54, 1.807) is 42.9 Å². The number of thiazole rings is 1. The fraction of sp³-hybridized carbons (Fsp3) is 0.147. The number of rotatable bonds is 9. The van der Waals surface area contributed by atoms with E-state index < -0.39 is 12.0 Å². The highest BCUT2D eigenvalue weighted by Crippen LogP contribution is 2.39. The molecule has 1 aliphatic rings. The molecular formula is C34H25BrCl2N2O5S2. The number of nitrogens with zero attached hydrogens (tertiary/aromatic N) is 2. The number of aromatic nitrogens is 1. The molecule has 0 spiro atoms. The number of thiophene rings is 1. The average Bonchev–Trinajstić information content (AvgIpc) is 3.70. The second kappa shape index (κ2) is 14.0. The van der Waals surface area contributed by atoms with Gasteiger partial charge in [-0.1, -0.05) is 77.0 Å². The fourth-order valence-corrected chi connectivity index (χ4v) is 7.78. The summed E-state index contributed by atoms with van der Waals surface area (Å²) in [5.41, 5.74) is 2.84. The molecule has 12 heteroatoms. The lowest BCUT2D eigenvalue weighted by atomic mass is 9.97. The van der Waals surface area contributed by atoms with Crippen molar-refractivity contribution in [1.29, 1.82) is 0 Å². The van der Waals surface area contributed by atoms with Gasteiger partial charge in [0, 0.05) is 10.4 Å². The van der Waals surface area contributed by atoms with E-state index in [1.807, 2.05) is 60.0 Å². The summed E-state index contributed by atoms with van der Waals surface area (Å²) < 4.78 is 19.9. The molecule has 0 saturated heterocycles. The number of halogens is 3. The molecule has 3 heterocycles. The van der Waals surface area contributed by atoms with Gasteiger partial charge in [0.05, 0.1) is 44.0 Å². The molecule has 0 fully saturated rings. The Bertz CT molecular complexity index is 2140. The highest BCUT2D eigenvalue weighted by Gasteiger charge is 2.35. The van der Waals surface area contributed by atoms with E-state index in [0.717, 1.165) is 16.0 Å². The summed E-state index contributed by atoms with van der Waals surface area (Å²) in [7, 11) is 1.55. The summed E-state index contributed by atoms with van der Waals surface area (Å²) in [6.45, 7) is 2.18. The molecular weight excluding hydrogens is 731 g/mol. The third kappa shape index (κ3) is 6.45. The third-order valence-electron chi connectivity index (χ3n) is 7.10. The van der Waals surface area contributed by atoms with E-state index in [2.05, 4.69) is 15.9 Å². The van der Waals surface area contributed by atoms with Crippen LogP contribution in [0.5, 0.6) is 11.5 Å². The maximum Gasteiger partial charge on any atom is 0.338 e. The van der Waals surface area contributed by atoms with Crippen LogP contribution in [-0.2, 0) is 16.1 Å². The van der Waals surface area contributed by atoms with Crippen LogP contribution in [0.3, 0.4) is 0 Å². The maximum atomic E-state index is 14.1. The van der Waals surface area contributed by atoms with Crippen molar-refractivity contribution >= 4 is 79.5 Å².